The average Bonchev–Trinajstić information content (AvgIpc) is 2.25. The molecule has 0 spiro atoms. The maximum atomic E-state index is 4.38. The van der Waals surface area contributed by atoms with Crippen LogP contribution in [0.1, 0.15) is 34.6 Å². The molecule has 1 heterocycles. The van der Waals surface area contributed by atoms with Crippen molar-refractivity contribution in [3.05, 3.63) is 12.3 Å². The number of aromatic nitrogens is 2. The van der Waals surface area contributed by atoms with Crippen molar-refractivity contribution < 1.29 is 0 Å². The van der Waals surface area contributed by atoms with Crippen LogP contribution in [0.4, 0.5) is 11.8 Å². The van der Waals surface area contributed by atoms with E-state index >= 15 is 0 Å². The van der Waals surface area contributed by atoms with E-state index in [0.717, 1.165) is 18.9 Å². The fourth-order valence-electron chi connectivity index (χ4n) is 1.26. The first-order chi connectivity index (χ1) is 7.93. The summed E-state index contributed by atoms with van der Waals surface area (Å²) in [6, 6.07) is 1.90. The maximum absolute atomic E-state index is 4.38. The molecule has 1 rings (SSSR count). The molecular formula is C13H24N4. The largest absolute Gasteiger partial charge is 0.370 e. The first-order valence-corrected chi connectivity index (χ1v) is 6.24. The Morgan fingerprint density at radius 1 is 1.29 bits per heavy atom. The lowest BCUT2D eigenvalue weighted by Gasteiger charge is -2.27. The normalized spacial score (nSPS) is 13.2. The zero-order valence-corrected chi connectivity index (χ0v) is 11.5. The summed E-state index contributed by atoms with van der Waals surface area (Å²) in [7, 11) is 0. The van der Waals surface area contributed by atoms with Gasteiger partial charge in [-0.05, 0) is 24.3 Å². The molecule has 2 N–H and O–H groups in total. The quantitative estimate of drug-likeness (QED) is 0.825. The average molecular weight is 236 g/mol. The maximum Gasteiger partial charge on any atom is 0.224 e. The van der Waals surface area contributed by atoms with Gasteiger partial charge in [0, 0.05) is 19.3 Å². The van der Waals surface area contributed by atoms with Crippen molar-refractivity contribution in [3.63, 3.8) is 0 Å². The van der Waals surface area contributed by atoms with E-state index in [4.69, 9.17) is 0 Å². The van der Waals surface area contributed by atoms with Crippen LogP contribution in [0.5, 0.6) is 0 Å². The summed E-state index contributed by atoms with van der Waals surface area (Å²) in [6.45, 7) is 12.8. The second-order valence-corrected chi connectivity index (χ2v) is 5.44. The number of hydrogen-bond acceptors (Lipinski definition) is 4. The van der Waals surface area contributed by atoms with Gasteiger partial charge in [-0.3, -0.25) is 0 Å². The van der Waals surface area contributed by atoms with Gasteiger partial charge in [0.2, 0.25) is 5.95 Å². The highest BCUT2D eigenvalue weighted by Crippen LogP contribution is 2.25. The summed E-state index contributed by atoms with van der Waals surface area (Å²) in [5, 5.41) is 6.46. The smallest absolute Gasteiger partial charge is 0.224 e. The lowest BCUT2D eigenvalue weighted by molar-refractivity contribution is 0.274. The van der Waals surface area contributed by atoms with E-state index in [1.165, 1.54) is 0 Å². The third-order valence-corrected chi connectivity index (χ3v) is 3.06. The molecule has 1 unspecified atom stereocenters. The molecule has 96 valence electrons. The van der Waals surface area contributed by atoms with Gasteiger partial charge in [-0.2, -0.15) is 4.98 Å². The summed E-state index contributed by atoms with van der Waals surface area (Å²) in [5.41, 5.74) is 0.310. The van der Waals surface area contributed by atoms with E-state index in [-0.39, 0.29) is 0 Å². The van der Waals surface area contributed by atoms with Crippen LogP contribution in [0.3, 0.4) is 0 Å². The Bertz CT molecular complexity index is 344. The molecule has 4 nitrogen and oxygen atoms in total. The molecule has 0 amide bonds. The highest BCUT2D eigenvalue weighted by atomic mass is 15.1. The summed E-state index contributed by atoms with van der Waals surface area (Å²) in [6.07, 6.45) is 1.77. The van der Waals surface area contributed by atoms with Crippen molar-refractivity contribution >= 4 is 11.8 Å². The van der Waals surface area contributed by atoms with E-state index in [1.807, 2.05) is 13.0 Å². The van der Waals surface area contributed by atoms with Gasteiger partial charge in [0.15, 0.2) is 0 Å². The van der Waals surface area contributed by atoms with Gasteiger partial charge < -0.3 is 10.6 Å². The topological polar surface area (TPSA) is 49.8 Å². The number of nitrogens with zero attached hydrogens (tertiary/aromatic N) is 2. The SMILES string of the molecule is CCNc1nccc(NCC(C)C(C)(C)C)n1. The number of nitrogens with one attached hydrogen (secondary N) is 2. The van der Waals surface area contributed by atoms with Crippen LogP contribution < -0.4 is 10.6 Å². The summed E-state index contributed by atoms with van der Waals surface area (Å²) >= 11 is 0. The highest BCUT2D eigenvalue weighted by molar-refractivity contribution is 5.39. The minimum Gasteiger partial charge on any atom is -0.370 e. The van der Waals surface area contributed by atoms with Crippen LogP contribution >= 0.6 is 0 Å². The molecule has 1 aromatic heterocycles. The second-order valence-electron chi connectivity index (χ2n) is 5.44. The van der Waals surface area contributed by atoms with E-state index in [0.29, 0.717) is 17.3 Å². The van der Waals surface area contributed by atoms with Gasteiger partial charge >= 0.3 is 0 Å². The lowest BCUT2D eigenvalue weighted by Crippen LogP contribution is -2.25. The van der Waals surface area contributed by atoms with Crippen molar-refractivity contribution in [3.8, 4) is 0 Å². The van der Waals surface area contributed by atoms with E-state index in [1.54, 1.807) is 6.20 Å². The number of rotatable bonds is 5. The van der Waals surface area contributed by atoms with Crippen molar-refractivity contribution in [2.75, 3.05) is 23.7 Å². The van der Waals surface area contributed by atoms with E-state index < -0.39 is 0 Å². The van der Waals surface area contributed by atoms with Crippen molar-refractivity contribution in [2.24, 2.45) is 11.3 Å². The fourth-order valence-corrected chi connectivity index (χ4v) is 1.26. The Morgan fingerprint density at radius 3 is 2.59 bits per heavy atom. The predicted octanol–water partition coefficient (Wildman–Crippen LogP) is 3.00. The molecule has 4 heteroatoms. The third-order valence-electron chi connectivity index (χ3n) is 3.06. The van der Waals surface area contributed by atoms with Crippen LogP contribution in [0.2, 0.25) is 0 Å². The monoisotopic (exact) mass is 236 g/mol. The standard InChI is InChI=1S/C13H24N4/c1-6-14-12-15-8-7-11(17-12)16-9-10(2)13(3,4)5/h7-8,10H,6,9H2,1-5H3,(H2,14,15,16,17). The molecule has 0 saturated carbocycles. The van der Waals surface area contributed by atoms with Crippen LogP contribution in [0.15, 0.2) is 12.3 Å². The van der Waals surface area contributed by atoms with Gasteiger partial charge in [-0.25, -0.2) is 4.98 Å². The van der Waals surface area contributed by atoms with Crippen LogP contribution in [0.25, 0.3) is 0 Å². The Kier molecular flexibility index (Phi) is 4.73. The first kappa shape index (κ1) is 13.7. The molecule has 0 aliphatic rings. The Hall–Kier alpha value is -1.32. The second kappa shape index (κ2) is 5.84. The molecule has 0 aromatic carbocycles. The predicted molar refractivity (Wildman–Crippen MR) is 73.3 cm³/mol. The fraction of sp³-hybridized carbons (Fsp3) is 0.692. The molecule has 0 fully saturated rings. The zero-order chi connectivity index (χ0) is 12.9. The molecular weight excluding hydrogens is 212 g/mol. The third kappa shape index (κ3) is 4.59. The molecule has 0 bridgehead atoms. The molecule has 0 saturated heterocycles. The van der Waals surface area contributed by atoms with Crippen molar-refractivity contribution in [2.45, 2.75) is 34.6 Å². The molecule has 0 aliphatic carbocycles. The number of anilines is 2. The molecule has 1 atom stereocenters. The summed E-state index contributed by atoms with van der Waals surface area (Å²) in [4.78, 5) is 8.53. The van der Waals surface area contributed by atoms with Gasteiger partial charge in [0.25, 0.3) is 0 Å². The molecule has 1 aromatic rings. The zero-order valence-electron chi connectivity index (χ0n) is 11.5. The van der Waals surface area contributed by atoms with Gasteiger partial charge in [0.1, 0.15) is 5.82 Å². The van der Waals surface area contributed by atoms with Gasteiger partial charge in [0.05, 0.1) is 0 Å². The van der Waals surface area contributed by atoms with Gasteiger partial charge in [-0.1, -0.05) is 27.7 Å². The number of hydrogen-bond donors (Lipinski definition) is 2. The van der Waals surface area contributed by atoms with Crippen LogP contribution in [-0.2, 0) is 0 Å². The van der Waals surface area contributed by atoms with Crippen molar-refractivity contribution in [1.29, 1.82) is 0 Å². The van der Waals surface area contributed by atoms with E-state index in [9.17, 15) is 0 Å². The van der Waals surface area contributed by atoms with Crippen LogP contribution in [-0.4, -0.2) is 23.1 Å². The Morgan fingerprint density at radius 2 is 2.00 bits per heavy atom. The Labute approximate surface area is 104 Å². The molecule has 0 aliphatic heterocycles. The summed E-state index contributed by atoms with van der Waals surface area (Å²) < 4.78 is 0. The Balaban J connectivity index is 2.54. The molecule has 0 radical (unpaired) electrons. The molecule has 17 heavy (non-hydrogen) atoms. The van der Waals surface area contributed by atoms with Crippen LogP contribution in [0, 0.1) is 11.3 Å². The van der Waals surface area contributed by atoms with Crippen molar-refractivity contribution in [1.82, 2.24) is 9.97 Å². The minimum absolute atomic E-state index is 0.310. The minimum atomic E-state index is 0.310. The van der Waals surface area contributed by atoms with E-state index in [2.05, 4.69) is 48.3 Å². The lowest BCUT2D eigenvalue weighted by atomic mass is 9.82. The first-order valence-electron chi connectivity index (χ1n) is 6.24. The summed E-state index contributed by atoms with van der Waals surface area (Å²) in [5.74, 6) is 2.15. The highest BCUT2D eigenvalue weighted by Gasteiger charge is 2.19. The van der Waals surface area contributed by atoms with Gasteiger partial charge in [-0.15, -0.1) is 0 Å².